The normalized spacial score (nSPS) is 23.9. The molecule has 0 bridgehead atoms. The smallest absolute Gasteiger partial charge is 0.325 e. The summed E-state index contributed by atoms with van der Waals surface area (Å²) in [6.45, 7) is 4.08. The SMILES string of the molecule is COC(=O)CNC(=O)CCC(NC(=O)[C@H](C)NC(=O)[C@@H](C)O[C@@H]1[C@@H](NC(C)=O)[C@@H](OCc2ccccc2)O[C@@H]2COC(c3ccccc3)O[C@@H]12)C(N)=O. The molecule has 2 aliphatic heterocycles. The number of amides is 5. The van der Waals surface area contributed by atoms with Crippen molar-refractivity contribution in [1.29, 1.82) is 0 Å². The molecule has 0 aromatic heterocycles. The Morgan fingerprint density at radius 1 is 0.925 bits per heavy atom. The molecule has 2 heterocycles. The molecule has 2 aromatic carbocycles. The van der Waals surface area contributed by atoms with Crippen molar-refractivity contribution in [1.82, 2.24) is 21.3 Å². The van der Waals surface area contributed by atoms with Crippen LogP contribution in [0.1, 0.15) is 51.0 Å². The van der Waals surface area contributed by atoms with E-state index in [9.17, 15) is 28.8 Å². The van der Waals surface area contributed by atoms with Gasteiger partial charge in [-0.1, -0.05) is 60.7 Å². The topological polar surface area (TPSA) is 232 Å². The van der Waals surface area contributed by atoms with Crippen molar-refractivity contribution < 1.29 is 57.2 Å². The van der Waals surface area contributed by atoms with Gasteiger partial charge in [0.25, 0.3) is 0 Å². The molecule has 6 N–H and O–H groups in total. The second-order valence-corrected chi connectivity index (χ2v) is 12.6. The van der Waals surface area contributed by atoms with Crippen LogP contribution in [0.3, 0.4) is 0 Å². The standard InChI is InChI=1S/C36H47N5O12/c1-20(33(46)41-25(32(37)45)15-16-27(43)38-17-28(44)48-4)39-34(47)21(2)51-31-29(40-22(3)42)36(49-18-23-11-7-5-8-12-23)52-26-19-50-35(53-30(26)31)24-13-9-6-10-14-24/h5-14,20-21,25-26,29-31,35-36H,15-19H2,1-4H3,(H2,37,45)(H,38,43)(H,39,47)(H,40,42)(H,41,46)/t20-,21+,25?,26+,29+,30+,31+,35?,36-/m0/s1. The lowest BCUT2D eigenvalue weighted by atomic mass is 9.95. The third-order valence-electron chi connectivity index (χ3n) is 8.50. The lowest BCUT2D eigenvalue weighted by Crippen LogP contribution is -2.68. The fraction of sp³-hybridized carbons (Fsp3) is 0.500. The number of carbonyl (C=O) groups excluding carboxylic acids is 6. The number of benzene rings is 2. The van der Waals surface area contributed by atoms with Gasteiger partial charge in [-0.25, -0.2) is 0 Å². The molecule has 17 heteroatoms. The summed E-state index contributed by atoms with van der Waals surface area (Å²) in [5.74, 6) is -3.97. The second kappa shape index (κ2) is 19.8. The maximum atomic E-state index is 13.5. The Bertz CT molecular complexity index is 1560. The molecule has 0 aliphatic carbocycles. The molecule has 53 heavy (non-hydrogen) atoms. The van der Waals surface area contributed by atoms with Crippen molar-refractivity contribution in [3.8, 4) is 0 Å². The second-order valence-electron chi connectivity index (χ2n) is 12.6. The van der Waals surface area contributed by atoms with E-state index >= 15 is 0 Å². The lowest BCUT2D eigenvalue weighted by molar-refractivity contribution is -0.351. The molecular formula is C36H47N5O12. The first-order chi connectivity index (χ1) is 25.4. The van der Waals surface area contributed by atoms with Crippen LogP contribution in [0.4, 0.5) is 0 Å². The number of esters is 1. The van der Waals surface area contributed by atoms with E-state index in [0.29, 0.717) is 0 Å². The number of carbonyl (C=O) groups is 6. The van der Waals surface area contributed by atoms with Gasteiger partial charge in [0.2, 0.25) is 29.5 Å². The van der Waals surface area contributed by atoms with E-state index in [1.165, 1.54) is 27.9 Å². The molecule has 2 unspecified atom stereocenters. The zero-order valence-corrected chi connectivity index (χ0v) is 30.0. The van der Waals surface area contributed by atoms with Crippen LogP contribution in [0.2, 0.25) is 0 Å². The molecule has 17 nitrogen and oxygen atoms in total. The summed E-state index contributed by atoms with van der Waals surface area (Å²) in [4.78, 5) is 74.4. The third-order valence-corrected chi connectivity index (χ3v) is 8.50. The van der Waals surface area contributed by atoms with Crippen molar-refractivity contribution in [3.63, 3.8) is 0 Å². The quantitative estimate of drug-likeness (QED) is 0.134. The van der Waals surface area contributed by atoms with Gasteiger partial charge in [-0.05, 0) is 25.8 Å². The number of hydrogen-bond acceptors (Lipinski definition) is 12. The molecule has 2 saturated heterocycles. The van der Waals surface area contributed by atoms with Crippen molar-refractivity contribution in [2.24, 2.45) is 5.73 Å². The van der Waals surface area contributed by atoms with Crippen LogP contribution in [-0.4, -0.2) is 105 Å². The van der Waals surface area contributed by atoms with Crippen molar-refractivity contribution >= 4 is 35.5 Å². The van der Waals surface area contributed by atoms with E-state index in [4.69, 9.17) is 29.4 Å². The van der Waals surface area contributed by atoms with Crippen LogP contribution >= 0.6 is 0 Å². The molecule has 0 saturated carbocycles. The number of ether oxygens (including phenoxy) is 6. The number of rotatable bonds is 17. The zero-order valence-electron chi connectivity index (χ0n) is 30.0. The number of nitrogens with one attached hydrogen (secondary N) is 4. The Morgan fingerprint density at radius 3 is 2.25 bits per heavy atom. The number of hydrogen-bond donors (Lipinski definition) is 5. The van der Waals surface area contributed by atoms with Crippen LogP contribution < -0.4 is 27.0 Å². The molecule has 9 atom stereocenters. The summed E-state index contributed by atoms with van der Waals surface area (Å²) in [5, 5.41) is 10.2. The maximum Gasteiger partial charge on any atom is 0.325 e. The molecule has 288 valence electrons. The first kappa shape index (κ1) is 40.8. The molecule has 2 fully saturated rings. The van der Waals surface area contributed by atoms with Crippen LogP contribution in [-0.2, 0) is 63.8 Å². The van der Waals surface area contributed by atoms with E-state index < -0.39 is 90.6 Å². The minimum Gasteiger partial charge on any atom is -0.468 e. The van der Waals surface area contributed by atoms with Crippen LogP contribution in [0, 0.1) is 0 Å². The summed E-state index contributed by atoms with van der Waals surface area (Å²) < 4.78 is 35.7. The molecule has 2 aromatic rings. The van der Waals surface area contributed by atoms with Gasteiger partial charge in [-0.3, -0.25) is 28.8 Å². The number of nitrogens with two attached hydrogens (primary N) is 1. The van der Waals surface area contributed by atoms with Crippen LogP contribution in [0.5, 0.6) is 0 Å². The Hall–Kier alpha value is -4.94. The average Bonchev–Trinajstić information content (AvgIpc) is 3.15. The Balaban J connectivity index is 1.45. The number of fused-ring (bicyclic) bond motifs is 1. The van der Waals surface area contributed by atoms with Crippen molar-refractivity contribution in [2.75, 3.05) is 20.3 Å². The lowest BCUT2D eigenvalue weighted by Gasteiger charge is -2.49. The van der Waals surface area contributed by atoms with Crippen molar-refractivity contribution in [2.45, 2.75) is 95.3 Å². The maximum absolute atomic E-state index is 13.5. The number of methoxy groups -OCH3 is 1. The van der Waals surface area contributed by atoms with Gasteiger partial charge in [0.05, 0.1) is 20.3 Å². The fourth-order valence-electron chi connectivity index (χ4n) is 5.68. The first-order valence-corrected chi connectivity index (χ1v) is 17.1. The van der Waals surface area contributed by atoms with Crippen LogP contribution in [0.15, 0.2) is 60.7 Å². The highest BCUT2D eigenvalue weighted by molar-refractivity contribution is 5.92. The molecular weight excluding hydrogens is 694 g/mol. The van der Waals surface area contributed by atoms with E-state index in [-0.39, 0.29) is 32.6 Å². The van der Waals surface area contributed by atoms with E-state index in [1.54, 1.807) is 0 Å². The summed E-state index contributed by atoms with van der Waals surface area (Å²) in [6.07, 6.45) is -5.95. The Labute approximate surface area is 306 Å². The molecule has 4 rings (SSSR count). The first-order valence-electron chi connectivity index (χ1n) is 17.1. The van der Waals surface area contributed by atoms with E-state index in [2.05, 4.69) is 26.0 Å². The molecule has 2 aliphatic rings. The molecule has 0 spiro atoms. The molecule has 0 radical (unpaired) electrons. The number of primary amides is 1. The minimum absolute atomic E-state index is 0.0911. The van der Waals surface area contributed by atoms with Gasteiger partial charge in [-0.15, -0.1) is 0 Å². The minimum atomic E-state index is -1.24. The van der Waals surface area contributed by atoms with Gasteiger partial charge in [0.1, 0.15) is 49.1 Å². The predicted molar refractivity (Wildman–Crippen MR) is 185 cm³/mol. The van der Waals surface area contributed by atoms with Gasteiger partial charge in [0.15, 0.2) is 12.6 Å². The zero-order chi connectivity index (χ0) is 38.5. The highest BCUT2D eigenvalue weighted by Crippen LogP contribution is 2.36. The highest BCUT2D eigenvalue weighted by Gasteiger charge is 2.52. The fourth-order valence-corrected chi connectivity index (χ4v) is 5.68. The summed E-state index contributed by atoms with van der Waals surface area (Å²) in [7, 11) is 1.17. The van der Waals surface area contributed by atoms with E-state index in [0.717, 1.165) is 11.1 Å². The average molecular weight is 742 g/mol. The largest absolute Gasteiger partial charge is 0.468 e. The Kier molecular flexibility index (Phi) is 15.2. The van der Waals surface area contributed by atoms with Gasteiger partial charge in [0, 0.05) is 18.9 Å². The monoisotopic (exact) mass is 741 g/mol. The highest BCUT2D eigenvalue weighted by atomic mass is 16.8. The van der Waals surface area contributed by atoms with E-state index in [1.807, 2.05) is 60.7 Å². The predicted octanol–water partition coefficient (Wildman–Crippen LogP) is -0.135. The van der Waals surface area contributed by atoms with Crippen molar-refractivity contribution in [3.05, 3.63) is 71.8 Å². The summed E-state index contributed by atoms with van der Waals surface area (Å²) >= 11 is 0. The van der Waals surface area contributed by atoms with Gasteiger partial charge >= 0.3 is 5.97 Å². The Morgan fingerprint density at radius 2 is 1.60 bits per heavy atom. The van der Waals surface area contributed by atoms with Gasteiger partial charge in [-0.2, -0.15) is 0 Å². The summed E-state index contributed by atoms with van der Waals surface area (Å²) in [5.41, 5.74) is 7.04. The molecule has 5 amide bonds. The van der Waals surface area contributed by atoms with Crippen LogP contribution in [0.25, 0.3) is 0 Å². The third kappa shape index (κ3) is 12.0. The summed E-state index contributed by atoms with van der Waals surface area (Å²) in [6, 6.07) is 15.2. The van der Waals surface area contributed by atoms with Gasteiger partial charge < -0.3 is 55.4 Å².